The zero-order chi connectivity index (χ0) is 13.7. The quantitative estimate of drug-likeness (QED) is 0.620. The van der Waals surface area contributed by atoms with Crippen molar-refractivity contribution in [3.8, 4) is 5.75 Å². The second-order valence-corrected chi connectivity index (χ2v) is 4.57. The predicted molar refractivity (Wildman–Crippen MR) is 73.0 cm³/mol. The molecule has 0 saturated heterocycles. The van der Waals surface area contributed by atoms with E-state index in [2.05, 4.69) is 15.9 Å². The van der Waals surface area contributed by atoms with Crippen LogP contribution in [0.2, 0.25) is 0 Å². The van der Waals surface area contributed by atoms with Crippen LogP contribution in [0.4, 0.5) is 0 Å². The lowest BCUT2D eigenvalue weighted by Gasteiger charge is -2.18. The van der Waals surface area contributed by atoms with Gasteiger partial charge >= 0.3 is 0 Å². The molecule has 1 amide bonds. The van der Waals surface area contributed by atoms with Gasteiger partial charge in [-0.1, -0.05) is 15.9 Å². The molecular weight excluding hydrogens is 298 g/mol. The lowest BCUT2D eigenvalue weighted by atomic mass is 10.1. The van der Waals surface area contributed by atoms with E-state index >= 15 is 0 Å². The second-order valence-electron chi connectivity index (χ2n) is 3.65. The number of Topliss-reactive ketones (excluding diaryl/α,β-unsaturated/α-hetero) is 1. The summed E-state index contributed by atoms with van der Waals surface area (Å²) in [6.07, 6.45) is 0. The molecule has 1 aromatic carbocycles. The first-order valence-electron chi connectivity index (χ1n) is 5.72. The number of hydrogen-bond acceptors (Lipinski definition) is 3. The van der Waals surface area contributed by atoms with Crippen LogP contribution >= 0.6 is 15.9 Å². The maximum Gasteiger partial charge on any atom is 0.295 e. The number of amides is 1. The summed E-state index contributed by atoms with van der Waals surface area (Å²) in [7, 11) is 1.47. The van der Waals surface area contributed by atoms with Crippen LogP contribution in [-0.2, 0) is 4.79 Å². The number of ether oxygens (including phenoxy) is 1. The Morgan fingerprint density at radius 2 is 1.89 bits per heavy atom. The minimum atomic E-state index is -0.545. The highest BCUT2D eigenvalue weighted by molar-refractivity contribution is 9.10. The van der Waals surface area contributed by atoms with Crippen LogP contribution in [0.1, 0.15) is 24.2 Å². The molecule has 0 aliphatic carbocycles. The molecule has 0 unspecified atom stereocenters. The zero-order valence-electron chi connectivity index (χ0n) is 10.7. The van der Waals surface area contributed by atoms with Crippen LogP contribution in [0.3, 0.4) is 0 Å². The lowest BCUT2D eigenvalue weighted by Crippen LogP contribution is -2.36. The first-order chi connectivity index (χ1) is 8.54. The molecule has 0 fully saturated rings. The van der Waals surface area contributed by atoms with Crippen LogP contribution in [0.5, 0.6) is 5.75 Å². The molecule has 4 nitrogen and oxygen atoms in total. The van der Waals surface area contributed by atoms with E-state index in [1.807, 2.05) is 13.8 Å². The minimum Gasteiger partial charge on any atom is -0.496 e. The normalized spacial score (nSPS) is 10.0. The summed E-state index contributed by atoms with van der Waals surface area (Å²) in [5, 5.41) is 0. The fourth-order valence-electron chi connectivity index (χ4n) is 1.63. The SMILES string of the molecule is CCN(CC)C(=O)C(=O)c1cc(Br)ccc1OC. The molecule has 0 saturated carbocycles. The number of likely N-dealkylation sites (N-methyl/N-ethyl adjacent to an activating group) is 1. The number of methoxy groups -OCH3 is 1. The van der Waals surface area contributed by atoms with Crippen molar-refractivity contribution >= 4 is 27.6 Å². The fourth-order valence-corrected chi connectivity index (χ4v) is 1.99. The molecule has 1 aromatic rings. The van der Waals surface area contributed by atoms with Gasteiger partial charge < -0.3 is 9.64 Å². The predicted octanol–water partition coefficient (Wildman–Crippen LogP) is 2.51. The Hall–Kier alpha value is -1.36. The van der Waals surface area contributed by atoms with Crippen molar-refractivity contribution in [1.29, 1.82) is 0 Å². The maximum absolute atomic E-state index is 12.1. The molecule has 0 N–H and O–H groups in total. The van der Waals surface area contributed by atoms with Crippen LogP contribution in [0.15, 0.2) is 22.7 Å². The molecule has 0 heterocycles. The van der Waals surface area contributed by atoms with Gasteiger partial charge in [0.15, 0.2) is 0 Å². The number of rotatable bonds is 5. The van der Waals surface area contributed by atoms with Gasteiger partial charge in [0.25, 0.3) is 11.7 Å². The molecule has 0 aromatic heterocycles. The molecule has 18 heavy (non-hydrogen) atoms. The number of halogens is 1. The van der Waals surface area contributed by atoms with E-state index in [9.17, 15) is 9.59 Å². The summed E-state index contributed by atoms with van der Waals surface area (Å²) in [5.41, 5.74) is 0.281. The number of carbonyl (C=O) groups is 2. The molecule has 0 atom stereocenters. The maximum atomic E-state index is 12.1. The zero-order valence-corrected chi connectivity index (χ0v) is 12.3. The van der Waals surface area contributed by atoms with Crippen molar-refractivity contribution in [2.45, 2.75) is 13.8 Å². The third kappa shape index (κ3) is 3.10. The van der Waals surface area contributed by atoms with Crippen molar-refractivity contribution in [2.75, 3.05) is 20.2 Å². The van der Waals surface area contributed by atoms with Crippen molar-refractivity contribution in [3.63, 3.8) is 0 Å². The number of benzene rings is 1. The largest absolute Gasteiger partial charge is 0.496 e. The highest BCUT2D eigenvalue weighted by Crippen LogP contribution is 2.23. The van der Waals surface area contributed by atoms with Crippen molar-refractivity contribution in [2.24, 2.45) is 0 Å². The summed E-state index contributed by atoms with van der Waals surface area (Å²) < 4.78 is 5.84. The van der Waals surface area contributed by atoms with Gasteiger partial charge in [-0.3, -0.25) is 9.59 Å². The average Bonchev–Trinajstić information content (AvgIpc) is 2.39. The van der Waals surface area contributed by atoms with Crippen LogP contribution in [0.25, 0.3) is 0 Å². The third-order valence-corrected chi connectivity index (χ3v) is 3.14. The molecule has 0 spiro atoms. The van der Waals surface area contributed by atoms with Crippen molar-refractivity contribution < 1.29 is 14.3 Å². The van der Waals surface area contributed by atoms with E-state index < -0.39 is 11.7 Å². The van der Waals surface area contributed by atoms with Crippen LogP contribution < -0.4 is 4.74 Å². The number of ketones is 1. The highest BCUT2D eigenvalue weighted by Gasteiger charge is 2.24. The first kappa shape index (κ1) is 14.7. The summed E-state index contributed by atoms with van der Waals surface area (Å²) >= 11 is 3.28. The summed E-state index contributed by atoms with van der Waals surface area (Å²) in [5.74, 6) is -0.642. The van der Waals surface area contributed by atoms with E-state index in [0.29, 0.717) is 18.8 Å². The first-order valence-corrected chi connectivity index (χ1v) is 6.51. The molecule has 0 bridgehead atoms. The van der Waals surface area contributed by atoms with Gasteiger partial charge in [-0.05, 0) is 32.0 Å². The van der Waals surface area contributed by atoms with Gasteiger partial charge in [0.05, 0.1) is 12.7 Å². The summed E-state index contributed by atoms with van der Waals surface area (Å²) in [6.45, 7) is 4.70. The second kappa shape index (κ2) is 6.54. The Balaban J connectivity index is 3.10. The van der Waals surface area contributed by atoms with Gasteiger partial charge in [-0.15, -0.1) is 0 Å². The molecular formula is C13H16BrNO3. The molecule has 5 heteroatoms. The van der Waals surface area contributed by atoms with Gasteiger partial charge in [0, 0.05) is 17.6 Å². The Labute approximate surface area is 115 Å². The van der Waals surface area contributed by atoms with Crippen molar-refractivity contribution in [3.05, 3.63) is 28.2 Å². The van der Waals surface area contributed by atoms with Crippen LogP contribution in [0, 0.1) is 0 Å². The molecule has 1 rings (SSSR count). The summed E-state index contributed by atoms with van der Waals surface area (Å²) in [6, 6.07) is 5.02. The molecule has 0 aliphatic rings. The number of carbonyl (C=O) groups excluding carboxylic acids is 2. The van der Waals surface area contributed by atoms with E-state index in [4.69, 9.17) is 4.74 Å². The Morgan fingerprint density at radius 3 is 2.39 bits per heavy atom. The number of hydrogen-bond donors (Lipinski definition) is 0. The van der Waals surface area contributed by atoms with E-state index in [0.717, 1.165) is 4.47 Å². The molecule has 0 radical (unpaired) electrons. The Bertz CT molecular complexity index is 456. The van der Waals surface area contributed by atoms with E-state index in [-0.39, 0.29) is 5.56 Å². The Kier molecular flexibility index (Phi) is 5.34. The Morgan fingerprint density at radius 1 is 1.28 bits per heavy atom. The van der Waals surface area contributed by atoms with Crippen LogP contribution in [-0.4, -0.2) is 36.8 Å². The van der Waals surface area contributed by atoms with Gasteiger partial charge in [-0.25, -0.2) is 0 Å². The average molecular weight is 314 g/mol. The third-order valence-electron chi connectivity index (χ3n) is 2.65. The highest BCUT2D eigenvalue weighted by atomic mass is 79.9. The van der Waals surface area contributed by atoms with Gasteiger partial charge in [-0.2, -0.15) is 0 Å². The molecule has 98 valence electrons. The smallest absolute Gasteiger partial charge is 0.295 e. The topological polar surface area (TPSA) is 46.6 Å². The van der Waals surface area contributed by atoms with Gasteiger partial charge in [0.1, 0.15) is 5.75 Å². The lowest BCUT2D eigenvalue weighted by molar-refractivity contribution is -0.126. The molecule has 0 aliphatic heterocycles. The standard InChI is InChI=1S/C13H16BrNO3/c1-4-15(5-2)13(17)12(16)10-8-9(14)6-7-11(10)18-3/h6-8H,4-5H2,1-3H3. The monoisotopic (exact) mass is 313 g/mol. The fraction of sp³-hybridized carbons (Fsp3) is 0.385. The number of nitrogens with zero attached hydrogens (tertiary/aromatic N) is 1. The van der Waals surface area contributed by atoms with Gasteiger partial charge in [0.2, 0.25) is 0 Å². The van der Waals surface area contributed by atoms with Crippen molar-refractivity contribution in [1.82, 2.24) is 4.90 Å². The summed E-state index contributed by atoms with van der Waals surface area (Å²) in [4.78, 5) is 25.6. The van der Waals surface area contributed by atoms with E-state index in [1.165, 1.54) is 12.0 Å². The minimum absolute atomic E-state index is 0.281. The van der Waals surface area contributed by atoms with E-state index in [1.54, 1.807) is 18.2 Å².